The lowest BCUT2D eigenvalue weighted by Crippen LogP contribution is -2.51. The van der Waals surface area contributed by atoms with Crippen molar-refractivity contribution in [2.24, 2.45) is 17.8 Å². The van der Waals surface area contributed by atoms with Gasteiger partial charge < -0.3 is 4.74 Å². The van der Waals surface area contributed by atoms with Crippen molar-refractivity contribution in [3.63, 3.8) is 0 Å². The number of hydrogen-bond donors (Lipinski definition) is 3. The van der Waals surface area contributed by atoms with Crippen LogP contribution < -0.4 is 15.3 Å². The molecule has 2 aromatic rings. The van der Waals surface area contributed by atoms with Crippen molar-refractivity contribution in [3.8, 4) is 0 Å². The zero-order chi connectivity index (χ0) is 27.6. The van der Waals surface area contributed by atoms with Gasteiger partial charge in [0, 0.05) is 0 Å². The van der Waals surface area contributed by atoms with E-state index in [0.717, 1.165) is 16.2 Å². The lowest BCUT2D eigenvalue weighted by Gasteiger charge is -2.29. The summed E-state index contributed by atoms with van der Waals surface area (Å²) in [6.45, 7) is 3.75. The molecule has 2 amide bonds. The van der Waals surface area contributed by atoms with Crippen molar-refractivity contribution in [2.75, 3.05) is 17.8 Å². The Morgan fingerprint density at radius 2 is 1.62 bits per heavy atom. The van der Waals surface area contributed by atoms with Crippen molar-refractivity contribution < 1.29 is 32.7 Å². The van der Waals surface area contributed by atoms with Crippen LogP contribution in [0.4, 0.5) is 5.69 Å². The van der Waals surface area contributed by atoms with E-state index in [9.17, 15) is 28.0 Å². The topological polar surface area (TPSA) is 142 Å². The molecule has 0 aliphatic rings. The molecule has 0 heterocycles. The number of hydrogen-bond acceptors (Lipinski definition) is 7. The summed E-state index contributed by atoms with van der Waals surface area (Å²) in [5, 5.41) is 9.38. The molecule has 37 heavy (non-hydrogen) atoms. The molecular formula is C26H33N3O7S. The second-order valence-corrected chi connectivity index (χ2v) is 10.7. The third-order valence-electron chi connectivity index (χ3n) is 5.56. The average Bonchev–Trinajstić information content (AvgIpc) is 2.87. The minimum Gasteiger partial charge on any atom is -0.465 e. The van der Waals surface area contributed by atoms with E-state index in [-0.39, 0.29) is 24.4 Å². The van der Waals surface area contributed by atoms with Crippen LogP contribution in [0.1, 0.15) is 42.6 Å². The van der Waals surface area contributed by atoms with Crippen LogP contribution in [0.5, 0.6) is 0 Å². The first kappa shape index (κ1) is 29.5. The van der Waals surface area contributed by atoms with Gasteiger partial charge >= 0.3 is 5.97 Å². The first-order valence-corrected chi connectivity index (χ1v) is 13.5. The fourth-order valence-corrected chi connectivity index (χ4v) is 4.54. The number of carbonyl (C=O) groups is 3. The van der Waals surface area contributed by atoms with Crippen LogP contribution in [-0.4, -0.2) is 44.8 Å². The molecule has 0 aliphatic carbocycles. The number of carbonyl (C=O) groups excluding carboxylic acids is 3. The molecule has 0 aliphatic heterocycles. The van der Waals surface area contributed by atoms with Crippen LogP contribution in [0.3, 0.4) is 0 Å². The fourth-order valence-electron chi connectivity index (χ4n) is 3.78. The van der Waals surface area contributed by atoms with Crippen molar-refractivity contribution >= 4 is 39.6 Å². The number of sulfonamides is 1. The van der Waals surface area contributed by atoms with Crippen LogP contribution in [0.15, 0.2) is 60.7 Å². The summed E-state index contributed by atoms with van der Waals surface area (Å²) in [6.07, 6.45) is 4.71. The maximum atomic E-state index is 13.4. The maximum Gasteiger partial charge on any atom is 0.337 e. The molecular weight excluding hydrogens is 498 g/mol. The molecule has 0 saturated heterocycles. The Hall–Kier alpha value is -3.70. The molecule has 3 N–H and O–H groups in total. The summed E-state index contributed by atoms with van der Waals surface area (Å²) in [6, 6.07) is 14.6. The van der Waals surface area contributed by atoms with Crippen LogP contribution in [0.2, 0.25) is 0 Å². The van der Waals surface area contributed by atoms with Gasteiger partial charge in [-0.1, -0.05) is 56.3 Å². The highest BCUT2D eigenvalue weighted by Crippen LogP contribution is 2.26. The Kier molecular flexibility index (Phi) is 10.8. The summed E-state index contributed by atoms with van der Waals surface area (Å²) in [5.74, 6) is -3.86. The number of esters is 1. The molecule has 10 nitrogen and oxygen atoms in total. The van der Waals surface area contributed by atoms with E-state index in [1.165, 1.54) is 19.2 Å². The number of allylic oxidation sites excluding steroid dienone is 1. The largest absolute Gasteiger partial charge is 0.465 e. The van der Waals surface area contributed by atoms with E-state index in [1.54, 1.807) is 60.1 Å². The van der Waals surface area contributed by atoms with Gasteiger partial charge in [-0.05, 0) is 48.6 Å². The Morgan fingerprint density at radius 1 is 1.00 bits per heavy atom. The van der Waals surface area contributed by atoms with Crippen LogP contribution in [0, 0.1) is 17.8 Å². The lowest BCUT2D eigenvalue weighted by molar-refractivity contribution is -0.140. The van der Waals surface area contributed by atoms with E-state index in [4.69, 9.17) is 0 Å². The predicted molar refractivity (Wildman–Crippen MR) is 140 cm³/mol. The third kappa shape index (κ3) is 8.72. The van der Waals surface area contributed by atoms with Crippen molar-refractivity contribution in [1.82, 2.24) is 10.9 Å². The van der Waals surface area contributed by atoms with E-state index in [0.29, 0.717) is 5.56 Å². The summed E-state index contributed by atoms with van der Waals surface area (Å²) in [5.41, 5.74) is 5.44. The number of nitrogens with zero attached hydrogens (tertiary/aromatic N) is 1. The second kappa shape index (κ2) is 13.6. The van der Waals surface area contributed by atoms with Gasteiger partial charge in [0.1, 0.15) is 0 Å². The molecule has 0 spiro atoms. The third-order valence-corrected chi connectivity index (χ3v) is 6.53. The molecule has 2 aromatic carbocycles. The highest BCUT2D eigenvalue weighted by Gasteiger charge is 2.35. The summed E-state index contributed by atoms with van der Waals surface area (Å²) in [7, 11) is -2.59. The van der Waals surface area contributed by atoms with Crippen LogP contribution in [0.25, 0.3) is 6.08 Å². The van der Waals surface area contributed by atoms with E-state index < -0.39 is 39.6 Å². The minimum absolute atomic E-state index is 0.0111. The summed E-state index contributed by atoms with van der Waals surface area (Å²) >= 11 is 0. The van der Waals surface area contributed by atoms with Crippen molar-refractivity contribution in [1.29, 1.82) is 0 Å². The Balaban J connectivity index is 2.30. The van der Waals surface area contributed by atoms with Gasteiger partial charge in [-0.2, -0.15) is 4.41 Å². The standard InChI is InChI=1S/C26H33N3O7S/c1-18(2)17-23(24(30)27-29(37(4,34)35)21-10-6-5-7-11-21)22(25(31)28-33)12-8-9-19-13-15-20(16-14-19)26(32)36-3/h5-11,13-16,18,22-23,33H,12,17H2,1-4H3,(H,27,30)(H,28,31)/t22-,23+/m0/s1. The highest BCUT2D eigenvalue weighted by atomic mass is 32.2. The number of ether oxygens (including phenoxy) is 1. The minimum atomic E-state index is -3.89. The number of nitrogens with one attached hydrogen (secondary N) is 2. The van der Waals surface area contributed by atoms with Gasteiger partial charge in [0.05, 0.1) is 36.5 Å². The zero-order valence-corrected chi connectivity index (χ0v) is 22.1. The SMILES string of the molecule is COC(=O)c1ccc(C=CC[C@H](C(=O)NO)[C@@H](CC(C)C)C(=O)NN(c2ccccc2)S(C)(=O)=O)cc1. The van der Waals surface area contributed by atoms with Crippen molar-refractivity contribution in [3.05, 3.63) is 71.8 Å². The van der Waals surface area contributed by atoms with Crippen molar-refractivity contribution in [2.45, 2.75) is 26.7 Å². The molecule has 0 unspecified atom stereocenters. The van der Waals surface area contributed by atoms with Gasteiger partial charge in [0.2, 0.25) is 21.8 Å². The van der Waals surface area contributed by atoms with Crippen LogP contribution >= 0.6 is 0 Å². The maximum absolute atomic E-state index is 13.4. The Bertz CT molecular complexity index is 1200. The number of benzene rings is 2. The van der Waals surface area contributed by atoms with Crippen LogP contribution in [-0.2, 0) is 24.3 Å². The molecule has 0 fully saturated rings. The fraction of sp³-hybridized carbons (Fsp3) is 0.346. The number of para-hydroxylation sites is 1. The smallest absolute Gasteiger partial charge is 0.337 e. The molecule has 0 saturated carbocycles. The van der Waals surface area contributed by atoms with Gasteiger partial charge in [0.25, 0.3) is 0 Å². The number of rotatable bonds is 12. The number of methoxy groups -OCH3 is 1. The number of anilines is 1. The molecule has 2 rings (SSSR count). The summed E-state index contributed by atoms with van der Waals surface area (Å²) in [4.78, 5) is 37.6. The van der Waals surface area contributed by atoms with E-state index in [1.807, 2.05) is 13.8 Å². The number of hydroxylamine groups is 1. The first-order valence-electron chi connectivity index (χ1n) is 11.6. The molecule has 11 heteroatoms. The quantitative estimate of drug-likeness (QED) is 0.217. The monoisotopic (exact) mass is 531 g/mol. The van der Waals surface area contributed by atoms with E-state index >= 15 is 0 Å². The van der Waals surface area contributed by atoms with Gasteiger partial charge in [-0.3, -0.25) is 20.2 Å². The first-order chi connectivity index (χ1) is 17.5. The Labute approximate surface area is 217 Å². The highest BCUT2D eigenvalue weighted by molar-refractivity contribution is 7.92. The molecule has 200 valence electrons. The lowest BCUT2D eigenvalue weighted by atomic mass is 9.82. The second-order valence-electron chi connectivity index (χ2n) is 8.91. The van der Waals surface area contributed by atoms with Gasteiger partial charge in [0.15, 0.2) is 0 Å². The normalized spacial score (nSPS) is 13.1. The van der Waals surface area contributed by atoms with Gasteiger partial charge in [-0.25, -0.2) is 18.7 Å². The summed E-state index contributed by atoms with van der Waals surface area (Å²) < 4.78 is 30.3. The molecule has 2 atom stereocenters. The molecule has 0 bridgehead atoms. The molecule has 0 radical (unpaired) electrons. The number of amides is 2. The zero-order valence-electron chi connectivity index (χ0n) is 21.2. The predicted octanol–water partition coefficient (Wildman–Crippen LogP) is 3.16. The Morgan fingerprint density at radius 3 is 2.14 bits per heavy atom. The van der Waals surface area contributed by atoms with Gasteiger partial charge in [-0.15, -0.1) is 0 Å². The van der Waals surface area contributed by atoms with E-state index in [2.05, 4.69) is 10.2 Å². The average molecular weight is 532 g/mol. The molecule has 0 aromatic heterocycles. The number of hydrazine groups is 1.